The van der Waals surface area contributed by atoms with Gasteiger partial charge in [0, 0.05) is 4.88 Å². The summed E-state index contributed by atoms with van der Waals surface area (Å²) in [6.45, 7) is 2.18. The van der Waals surface area contributed by atoms with Crippen LogP contribution >= 0.6 is 11.3 Å². The molecule has 1 heterocycles. The van der Waals surface area contributed by atoms with Crippen LogP contribution in [0.4, 0.5) is 5.69 Å². The lowest BCUT2D eigenvalue weighted by Crippen LogP contribution is -2.33. The third-order valence-corrected chi connectivity index (χ3v) is 5.00. The van der Waals surface area contributed by atoms with Crippen LogP contribution in [-0.4, -0.2) is 19.6 Å². The third-order valence-electron chi connectivity index (χ3n) is 4.06. The minimum absolute atomic E-state index is 0.0733. The van der Waals surface area contributed by atoms with E-state index >= 15 is 0 Å². The van der Waals surface area contributed by atoms with Crippen LogP contribution in [0.3, 0.4) is 0 Å². The lowest BCUT2D eigenvalue weighted by molar-refractivity contribution is -0.119. The van der Waals surface area contributed by atoms with Gasteiger partial charge in [-0.3, -0.25) is 4.79 Å². The van der Waals surface area contributed by atoms with Gasteiger partial charge in [-0.1, -0.05) is 42.5 Å². The Morgan fingerprint density at radius 2 is 1.92 bits per heavy atom. The molecule has 1 amide bonds. The number of thiophene rings is 1. The number of hydrogen-bond donors (Lipinski definition) is 2. The fourth-order valence-electron chi connectivity index (χ4n) is 2.77. The van der Waals surface area contributed by atoms with E-state index in [9.17, 15) is 4.79 Å². The number of methoxy groups -OCH3 is 1. The molecule has 3 rings (SSSR count). The van der Waals surface area contributed by atoms with Crippen LogP contribution in [0.25, 0.3) is 0 Å². The van der Waals surface area contributed by atoms with Crippen molar-refractivity contribution in [3.8, 4) is 5.75 Å². The van der Waals surface area contributed by atoms with Crippen molar-refractivity contribution >= 4 is 22.9 Å². The fraction of sp³-hybridized carbons (Fsp3) is 0.190. The van der Waals surface area contributed by atoms with Crippen LogP contribution in [0.5, 0.6) is 5.75 Å². The molecule has 0 aliphatic rings. The van der Waals surface area contributed by atoms with E-state index in [0.29, 0.717) is 0 Å². The molecular weight excluding hydrogens is 344 g/mol. The van der Waals surface area contributed by atoms with Crippen molar-refractivity contribution in [2.24, 2.45) is 0 Å². The first-order chi connectivity index (χ1) is 12.7. The predicted molar refractivity (Wildman–Crippen MR) is 107 cm³/mol. The van der Waals surface area contributed by atoms with Gasteiger partial charge >= 0.3 is 0 Å². The SMILES string of the molecule is COc1ccc(C)cc1NCC(=O)N[C@@H](c1ccccc1)c1cccs1. The highest BCUT2D eigenvalue weighted by Gasteiger charge is 2.17. The molecule has 1 aromatic heterocycles. The van der Waals surface area contributed by atoms with Crippen molar-refractivity contribution in [2.45, 2.75) is 13.0 Å². The van der Waals surface area contributed by atoms with E-state index in [1.165, 1.54) is 0 Å². The van der Waals surface area contributed by atoms with Crippen molar-refractivity contribution in [3.63, 3.8) is 0 Å². The van der Waals surface area contributed by atoms with Crippen LogP contribution < -0.4 is 15.4 Å². The number of carbonyl (C=O) groups excluding carboxylic acids is 1. The van der Waals surface area contributed by atoms with Crippen LogP contribution in [-0.2, 0) is 4.79 Å². The smallest absolute Gasteiger partial charge is 0.240 e. The number of carbonyl (C=O) groups is 1. The van der Waals surface area contributed by atoms with Crippen molar-refractivity contribution in [1.29, 1.82) is 0 Å². The number of rotatable bonds is 7. The zero-order valence-corrected chi connectivity index (χ0v) is 15.7. The Balaban J connectivity index is 1.70. The molecule has 0 unspecified atom stereocenters. The largest absolute Gasteiger partial charge is 0.495 e. The molecule has 134 valence electrons. The van der Waals surface area contributed by atoms with Gasteiger partial charge in [-0.05, 0) is 41.6 Å². The van der Waals surface area contributed by atoms with Crippen molar-refractivity contribution in [2.75, 3.05) is 19.0 Å². The molecule has 1 atom stereocenters. The number of hydrogen-bond acceptors (Lipinski definition) is 4. The van der Waals surface area contributed by atoms with E-state index in [-0.39, 0.29) is 18.5 Å². The monoisotopic (exact) mass is 366 g/mol. The number of benzene rings is 2. The average molecular weight is 366 g/mol. The Morgan fingerprint density at radius 3 is 2.62 bits per heavy atom. The molecule has 4 nitrogen and oxygen atoms in total. The Hall–Kier alpha value is -2.79. The van der Waals surface area contributed by atoms with E-state index < -0.39 is 0 Å². The van der Waals surface area contributed by atoms with E-state index in [0.717, 1.165) is 27.4 Å². The molecule has 2 aromatic carbocycles. The molecule has 2 N–H and O–H groups in total. The molecule has 0 saturated carbocycles. The van der Waals surface area contributed by atoms with E-state index in [1.807, 2.05) is 73.0 Å². The minimum Gasteiger partial charge on any atom is -0.495 e. The number of amides is 1. The van der Waals surface area contributed by atoms with Gasteiger partial charge in [-0.2, -0.15) is 0 Å². The Kier molecular flexibility index (Phi) is 5.92. The second-order valence-electron chi connectivity index (χ2n) is 5.98. The standard InChI is InChI=1S/C21H22N2O2S/c1-15-10-11-18(25-2)17(13-15)22-14-20(24)23-21(19-9-6-12-26-19)16-7-4-3-5-8-16/h3-13,21-22H,14H2,1-2H3,(H,23,24)/t21-/m0/s1. The molecule has 0 spiro atoms. The van der Waals surface area contributed by atoms with Crippen LogP contribution in [0.1, 0.15) is 22.0 Å². The van der Waals surface area contributed by atoms with Gasteiger partial charge in [0.15, 0.2) is 0 Å². The number of ether oxygens (including phenoxy) is 1. The number of anilines is 1. The Bertz CT molecular complexity index is 848. The highest BCUT2D eigenvalue weighted by molar-refractivity contribution is 7.10. The van der Waals surface area contributed by atoms with Gasteiger partial charge in [0.1, 0.15) is 5.75 Å². The molecule has 0 bridgehead atoms. The molecule has 0 radical (unpaired) electrons. The van der Waals surface area contributed by atoms with Gasteiger partial charge in [-0.15, -0.1) is 11.3 Å². The summed E-state index contributed by atoms with van der Waals surface area (Å²) in [5.74, 6) is 0.650. The van der Waals surface area contributed by atoms with Gasteiger partial charge in [0.05, 0.1) is 25.4 Å². The molecule has 0 saturated heterocycles. The maximum absolute atomic E-state index is 12.6. The summed E-state index contributed by atoms with van der Waals surface area (Å²) >= 11 is 1.64. The predicted octanol–water partition coefficient (Wildman–Crippen LogP) is 4.38. The average Bonchev–Trinajstić information content (AvgIpc) is 3.19. The summed E-state index contributed by atoms with van der Waals surface area (Å²) in [5.41, 5.74) is 2.99. The molecule has 0 aliphatic heterocycles. The molecule has 5 heteroatoms. The van der Waals surface area contributed by atoms with Gasteiger partial charge in [-0.25, -0.2) is 0 Å². The van der Waals surface area contributed by atoms with Crippen molar-refractivity contribution in [1.82, 2.24) is 5.32 Å². The summed E-state index contributed by atoms with van der Waals surface area (Å²) in [6.07, 6.45) is 0. The first kappa shape index (κ1) is 18.0. The summed E-state index contributed by atoms with van der Waals surface area (Å²) in [4.78, 5) is 13.7. The van der Waals surface area contributed by atoms with E-state index in [2.05, 4.69) is 10.6 Å². The normalized spacial score (nSPS) is 11.6. The summed E-state index contributed by atoms with van der Waals surface area (Å²) < 4.78 is 5.35. The number of aryl methyl sites for hydroxylation is 1. The zero-order chi connectivity index (χ0) is 18.4. The summed E-state index contributed by atoms with van der Waals surface area (Å²) in [5, 5.41) is 8.32. The second kappa shape index (κ2) is 8.54. The first-order valence-corrected chi connectivity index (χ1v) is 9.31. The van der Waals surface area contributed by atoms with Crippen LogP contribution in [0.15, 0.2) is 66.0 Å². The van der Waals surface area contributed by atoms with E-state index in [4.69, 9.17) is 4.74 Å². The highest BCUT2D eigenvalue weighted by Crippen LogP contribution is 2.27. The van der Waals surface area contributed by atoms with Crippen LogP contribution in [0, 0.1) is 6.92 Å². The van der Waals surface area contributed by atoms with Crippen LogP contribution in [0.2, 0.25) is 0 Å². The van der Waals surface area contributed by atoms with Gasteiger partial charge < -0.3 is 15.4 Å². The van der Waals surface area contributed by atoms with Gasteiger partial charge in [0.25, 0.3) is 0 Å². The quantitative estimate of drug-likeness (QED) is 0.652. The summed E-state index contributed by atoms with van der Waals surface area (Å²) in [7, 11) is 1.62. The maximum Gasteiger partial charge on any atom is 0.240 e. The maximum atomic E-state index is 12.6. The lowest BCUT2D eigenvalue weighted by Gasteiger charge is -2.19. The minimum atomic E-state index is -0.148. The highest BCUT2D eigenvalue weighted by atomic mass is 32.1. The van der Waals surface area contributed by atoms with Gasteiger partial charge in [0.2, 0.25) is 5.91 Å². The number of nitrogens with one attached hydrogen (secondary N) is 2. The molecular formula is C21H22N2O2S. The Morgan fingerprint density at radius 1 is 1.12 bits per heavy atom. The van der Waals surface area contributed by atoms with E-state index in [1.54, 1.807) is 18.4 Å². The fourth-order valence-corrected chi connectivity index (χ4v) is 3.57. The van der Waals surface area contributed by atoms with Crippen molar-refractivity contribution < 1.29 is 9.53 Å². The molecule has 3 aromatic rings. The molecule has 0 aliphatic carbocycles. The first-order valence-electron chi connectivity index (χ1n) is 8.43. The van der Waals surface area contributed by atoms with Crippen molar-refractivity contribution in [3.05, 3.63) is 82.0 Å². The second-order valence-corrected chi connectivity index (χ2v) is 6.96. The summed E-state index contributed by atoms with van der Waals surface area (Å²) in [6, 6.07) is 19.7. The topological polar surface area (TPSA) is 50.4 Å². The lowest BCUT2D eigenvalue weighted by atomic mass is 10.1. The third kappa shape index (κ3) is 4.43. The zero-order valence-electron chi connectivity index (χ0n) is 14.9. The Labute approximate surface area is 157 Å². The molecule has 0 fully saturated rings. The molecule has 26 heavy (non-hydrogen) atoms.